The van der Waals surface area contributed by atoms with E-state index < -0.39 is 86.4 Å². The number of fused-ring (bicyclic) bond motifs is 2. The fourth-order valence-electron chi connectivity index (χ4n) is 8.70. The minimum atomic E-state index is -4.64. The molecule has 3 aliphatic rings. The molecule has 0 fully saturated rings. The van der Waals surface area contributed by atoms with Crippen molar-refractivity contribution in [1.29, 1.82) is 0 Å². The number of anilines is 1. The van der Waals surface area contributed by atoms with Crippen LogP contribution in [0.2, 0.25) is 0 Å². The summed E-state index contributed by atoms with van der Waals surface area (Å²) >= 11 is 0. The number of benzene rings is 1. The second-order valence-corrected chi connectivity index (χ2v) is 22.6. The van der Waals surface area contributed by atoms with E-state index in [0.717, 1.165) is 0 Å². The smallest absolute Gasteiger partial charge is 0.303 e. The molecule has 1 aliphatic carbocycles. The van der Waals surface area contributed by atoms with Crippen LogP contribution < -0.4 is 10.0 Å². The molecule has 0 radical (unpaired) electrons. The monoisotopic (exact) mass is 961 g/mol. The lowest BCUT2D eigenvalue weighted by Crippen LogP contribution is -2.35. The Morgan fingerprint density at radius 1 is 0.921 bits per heavy atom. The molecule has 4 rings (SSSR count). The molecular formula is C41H57N2O16S4-. The molecule has 352 valence electrons. The summed E-state index contributed by atoms with van der Waals surface area (Å²) < 4.78 is 141. The molecule has 1 aromatic rings. The van der Waals surface area contributed by atoms with Gasteiger partial charge in [0.25, 0.3) is 20.2 Å². The maximum absolute atomic E-state index is 12.8. The minimum absolute atomic E-state index is 0.0102. The van der Waals surface area contributed by atoms with E-state index in [1.54, 1.807) is 49.4 Å². The van der Waals surface area contributed by atoms with Gasteiger partial charge in [0.05, 0.1) is 56.8 Å². The van der Waals surface area contributed by atoms with Gasteiger partial charge in [-0.25, -0.2) is 21.4 Å². The molecule has 18 nitrogen and oxygen atoms in total. The molecule has 2 aliphatic heterocycles. The van der Waals surface area contributed by atoms with Crippen molar-refractivity contribution in [3.8, 4) is 0 Å². The van der Waals surface area contributed by atoms with Crippen LogP contribution in [-0.2, 0) is 59.9 Å². The third-order valence-electron chi connectivity index (χ3n) is 11.8. The van der Waals surface area contributed by atoms with Crippen molar-refractivity contribution in [2.45, 2.75) is 81.6 Å². The zero-order valence-electron chi connectivity index (χ0n) is 35.5. The van der Waals surface area contributed by atoms with Crippen molar-refractivity contribution in [1.82, 2.24) is 0 Å². The van der Waals surface area contributed by atoms with Crippen LogP contribution in [0, 0.1) is 11.3 Å². The summed E-state index contributed by atoms with van der Waals surface area (Å²) in [5.41, 5.74) is 0.383. The molecule has 0 spiro atoms. The molecule has 0 amide bonds. The van der Waals surface area contributed by atoms with Gasteiger partial charge in [-0.1, -0.05) is 24.3 Å². The summed E-state index contributed by atoms with van der Waals surface area (Å²) in [6.45, 7) is 5.17. The third kappa shape index (κ3) is 13.7. The van der Waals surface area contributed by atoms with Crippen molar-refractivity contribution in [2.24, 2.45) is 11.3 Å². The van der Waals surface area contributed by atoms with Gasteiger partial charge in [-0.2, -0.15) is 16.8 Å². The van der Waals surface area contributed by atoms with E-state index in [-0.39, 0.29) is 55.1 Å². The summed E-state index contributed by atoms with van der Waals surface area (Å²) in [5, 5.41) is 20.9. The van der Waals surface area contributed by atoms with Gasteiger partial charge in [0.15, 0.2) is 21.6 Å². The van der Waals surface area contributed by atoms with Crippen LogP contribution in [-0.4, -0.2) is 132 Å². The fraction of sp³-hybridized carbons (Fsp3) is 0.561. The Hall–Kier alpha value is -3.58. The fourth-order valence-corrected chi connectivity index (χ4v) is 11.0. The average molecular weight is 962 g/mol. The van der Waals surface area contributed by atoms with Crippen LogP contribution in [0.25, 0.3) is 0 Å². The van der Waals surface area contributed by atoms with E-state index in [9.17, 15) is 57.2 Å². The van der Waals surface area contributed by atoms with Gasteiger partial charge in [-0.15, -0.1) is 0 Å². The first-order chi connectivity index (χ1) is 29.4. The van der Waals surface area contributed by atoms with Gasteiger partial charge in [0.1, 0.15) is 6.54 Å². The van der Waals surface area contributed by atoms with Crippen LogP contribution in [0.4, 0.5) is 5.69 Å². The highest BCUT2D eigenvalue weighted by molar-refractivity contribution is 7.95. The van der Waals surface area contributed by atoms with Crippen LogP contribution in [0.1, 0.15) is 70.8 Å². The number of aliphatic carboxylic acids is 1. The Morgan fingerprint density at radius 3 is 2.27 bits per heavy atom. The summed E-state index contributed by atoms with van der Waals surface area (Å²) in [7, 11) is -16.2. The molecule has 22 heteroatoms. The Kier molecular flexibility index (Phi) is 17.8. The number of hydrogen-bond acceptors (Lipinski definition) is 14. The number of carboxylic acids is 1. The maximum atomic E-state index is 12.8. The van der Waals surface area contributed by atoms with Gasteiger partial charge in [-0.05, 0) is 100 Å². The lowest BCUT2D eigenvalue weighted by Gasteiger charge is -2.30. The number of carboxylic acid groups (broad SMARTS) is 1. The number of sulfone groups is 1. The predicted molar refractivity (Wildman–Crippen MR) is 232 cm³/mol. The molecule has 1 aromatic carbocycles. The highest BCUT2D eigenvalue weighted by Gasteiger charge is 2.55. The average Bonchev–Trinajstić information content (AvgIpc) is 3.55. The molecule has 63 heavy (non-hydrogen) atoms. The van der Waals surface area contributed by atoms with Crippen LogP contribution >= 0.6 is 0 Å². The van der Waals surface area contributed by atoms with Gasteiger partial charge in [0.2, 0.25) is 0 Å². The second-order valence-electron chi connectivity index (χ2n) is 16.2. The normalized spacial score (nSPS) is 23.6. The zero-order valence-corrected chi connectivity index (χ0v) is 38.8. The Bertz CT molecular complexity index is 2480. The summed E-state index contributed by atoms with van der Waals surface area (Å²) in [6.07, 6.45) is 15.1. The Morgan fingerprint density at radius 2 is 1.63 bits per heavy atom. The molecule has 0 bridgehead atoms. The summed E-state index contributed by atoms with van der Waals surface area (Å²) in [5.74, 6) is -4.09. The van der Waals surface area contributed by atoms with Crippen molar-refractivity contribution < 1.29 is 76.4 Å². The first-order valence-corrected chi connectivity index (χ1v) is 26.6. The van der Waals surface area contributed by atoms with Gasteiger partial charge < -0.3 is 29.1 Å². The third-order valence-corrected chi connectivity index (χ3v) is 15.5. The van der Waals surface area contributed by atoms with Crippen molar-refractivity contribution >= 4 is 57.6 Å². The van der Waals surface area contributed by atoms with Crippen LogP contribution in [0.15, 0.2) is 82.3 Å². The number of rotatable bonds is 26. The van der Waals surface area contributed by atoms with Crippen molar-refractivity contribution in [3.63, 3.8) is 0 Å². The van der Waals surface area contributed by atoms with E-state index in [4.69, 9.17) is 14.6 Å². The number of hydrogen-bond donors (Lipinski definition) is 3. The lowest BCUT2D eigenvalue weighted by molar-refractivity contribution is -0.550. The van der Waals surface area contributed by atoms with E-state index in [1.807, 2.05) is 16.4 Å². The van der Waals surface area contributed by atoms with Crippen molar-refractivity contribution in [3.05, 3.63) is 83.0 Å². The largest absolute Gasteiger partial charge is 0.843 e. The summed E-state index contributed by atoms with van der Waals surface area (Å²) in [6, 6.07) is 3.71. The van der Waals surface area contributed by atoms with E-state index in [2.05, 4.69) is 0 Å². The molecule has 4 unspecified atom stereocenters. The quantitative estimate of drug-likeness (QED) is 0.0521. The molecule has 3 N–H and O–H groups in total. The second kappa shape index (κ2) is 21.6. The van der Waals surface area contributed by atoms with Gasteiger partial charge >= 0.3 is 5.97 Å². The molecule has 4 atom stereocenters. The van der Waals surface area contributed by atoms with Crippen LogP contribution in [0.3, 0.4) is 0 Å². The van der Waals surface area contributed by atoms with Gasteiger partial charge in [-0.3, -0.25) is 13.9 Å². The number of allylic oxidation sites excluding steroid dienone is 7. The highest BCUT2D eigenvalue weighted by atomic mass is 32.2. The van der Waals surface area contributed by atoms with E-state index in [0.29, 0.717) is 61.7 Å². The number of methoxy groups -OCH3 is 1. The van der Waals surface area contributed by atoms with E-state index >= 15 is 0 Å². The highest BCUT2D eigenvalue weighted by Crippen LogP contribution is 2.51. The number of unbranched alkanes of at least 4 members (excludes halogenated alkanes) is 2. The molecular weight excluding hydrogens is 905 g/mol. The molecule has 2 heterocycles. The Labute approximate surface area is 370 Å². The Balaban J connectivity index is 1.82. The topological polar surface area (TPSA) is 285 Å². The number of ether oxygens (including phenoxy) is 2. The van der Waals surface area contributed by atoms with Gasteiger partial charge in [0, 0.05) is 55.1 Å². The standard InChI is InChI=1S/C41H58N2O16S4/c1-40(19-10-26-61(49,50)51)33-28-31(60(47,48)30-44)15-17-35(33)42(21-9-5-8-14-39(45)46)37(40)12-6-4-7-13-38-41(2,20-11-27-62(52,53)54)34-29-32(63(55,56)57)16-18-36(34)43(38)22-23-59-25-24-58-3/h4,6-7,12-13,15-18,28-29,33,35H,5,8-11,14,19-27,30H2,1-3H3,(H,45,46)(H,49,50,51)(H,52,53,54)(H,55,56,57)/p-1. The molecule has 0 saturated carbocycles. The lowest BCUT2D eigenvalue weighted by atomic mass is 9.69. The minimum Gasteiger partial charge on any atom is -0.843 e. The number of nitrogens with zero attached hydrogens (tertiary/aromatic N) is 2. The predicted octanol–water partition coefficient (Wildman–Crippen LogP) is 2.95. The maximum Gasteiger partial charge on any atom is 0.303 e. The van der Waals surface area contributed by atoms with E-state index in [1.165, 1.54) is 31.4 Å². The summed E-state index contributed by atoms with van der Waals surface area (Å²) in [4.78, 5) is 12.5. The SMILES string of the molecule is COCCOCCN1/C(=C/C=C/C=C/C2=[N+](CCCCCC(=O)O)C3C=CC(S(=O)(=O)C[O-])=CC3C2(C)CCCS(=O)(=O)[O-])C(C)(CCCS(=O)(=O)O)c2cc(S(=O)(=O)O)ccc21. The van der Waals surface area contributed by atoms with Crippen molar-refractivity contribution in [2.75, 3.05) is 62.4 Å². The van der Waals surface area contributed by atoms with Crippen LogP contribution in [0.5, 0.6) is 0 Å². The molecule has 0 aromatic heterocycles. The molecule has 0 saturated heterocycles. The first kappa shape index (κ1) is 52.0. The first-order valence-electron chi connectivity index (χ1n) is 20.4. The number of carbonyl (C=O) groups is 1. The zero-order chi connectivity index (χ0) is 46.9.